The number of aliphatic imine (C=N–C) groups is 1. The van der Waals surface area contributed by atoms with Crippen molar-refractivity contribution in [2.24, 2.45) is 4.99 Å². The van der Waals surface area contributed by atoms with Crippen molar-refractivity contribution in [2.75, 3.05) is 26.2 Å². The highest BCUT2D eigenvalue weighted by Crippen LogP contribution is 2.20. The van der Waals surface area contributed by atoms with Gasteiger partial charge in [0, 0.05) is 49.5 Å². The summed E-state index contributed by atoms with van der Waals surface area (Å²) < 4.78 is 1.91. The zero-order valence-electron chi connectivity index (χ0n) is 17.4. The topological polar surface area (TPSA) is 74.6 Å². The third-order valence-corrected chi connectivity index (χ3v) is 5.30. The Labute approximate surface area is 200 Å². The van der Waals surface area contributed by atoms with Crippen molar-refractivity contribution in [3.63, 3.8) is 0 Å². The standard InChI is InChI=1S/C21H29ClN6O.HI/c1-3-20(29)27-13-10-18(15-27)26-21(23-4-2)24-14-19(28-12-5-11-25-28)16-6-8-17(22)9-7-16;/h5-9,11-12,18-19H,3-4,10,13-15H2,1-2H3,(H2,23,24,26);1H. The van der Waals surface area contributed by atoms with Gasteiger partial charge in [-0.3, -0.25) is 14.5 Å². The molecule has 3 rings (SSSR count). The number of aromatic nitrogens is 2. The van der Waals surface area contributed by atoms with E-state index in [1.54, 1.807) is 6.20 Å². The quantitative estimate of drug-likeness (QED) is 0.319. The molecule has 7 nitrogen and oxygen atoms in total. The minimum Gasteiger partial charge on any atom is -0.357 e. The lowest BCUT2D eigenvalue weighted by Gasteiger charge is -2.20. The molecule has 9 heteroatoms. The molecule has 0 radical (unpaired) electrons. The number of benzene rings is 1. The minimum absolute atomic E-state index is 0. The fraction of sp³-hybridized carbons (Fsp3) is 0.476. The molecule has 1 saturated heterocycles. The van der Waals surface area contributed by atoms with E-state index in [2.05, 4.69) is 15.7 Å². The molecule has 2 heterocycles. The van der Waals surface area contributed by atoms with Crippen LogP contribution in [0.1, 0.15) is 38.3 Å². The maximum Gasteiger partial charge on any atom is 0.222 e. The number of carbonyl (C=O) groups is 1. The van der Waals surface area contributed by atoms with Crippen LogP contribution in [0.3, 0.4) is 0 Å². The maximum atomic E-state index is 11.9. The van der Waals surface area contributed by atoms with Crippen LogP contribution in [0, 0.1) is 0 Å². The molecule has 0 aliphatic carbocycles. The van der Waals surface area contributed by atoms with Gasteiger partial charge in [-0.05, 0) is 37.1 Å². The Morgan fingerprint density at radius 3 is 2.73 bits per heavy atom. The van der Waals surface area contributed by atoms with Gasteiger partial charge < -0.3 is 15.5 Å². The van der Waals surface area contributed by atoms with E-state index in [1.165, 1.54) is 0 Å². The zero-order chi connectivity index (χ0) is 20.6. The van der Waals surface area contributed by atoms with Gasteiger partial charge in [0.05, 0.1) is 12.6 Å². The van der Waals surface area contributed by atoms with Crippen LogP contribution in [0.4, 0.5) is 0 Å². The number of halogens is 2. The van der Waals surface area contributed by atoms with Crippen LogP contribution < -0.4 is 10.6 Å². The van der Waals surface area contributed by atoms with E-state index < -0.39 is 0 Å². The first-order chi connectivity index (χ1) is 14.1. The van der Waals surface area contributed by atoms with Crippen LogP contribution in [-0.4, -0.2) is 58.8 Å². The number of guanidine groups is 1. The molecule has 0 saturated carbocycles. The number of nitrogens with zero attached hydrogens (tertiary/aromatic N) is 4. The van der Waals surface area contributed by atoms with Crippen LogP contribution >= 0.6 is 35.6 Å². The third kappa shape index (κ3) is 6.60. The van der Waals surface area contributed by atoms with Crippen LogP contribution in [0.2, 0.25) is 5.02 Å². The van der Waals surface area contributed by atoms with E-state index >= 15 is 0 Å². The molecule has 1 aromatic carbocycles. The second-order valence-corrected chi connectivity index (χ2v) is 7.53. The molecular weight excluding hydrogens is 515 g/mol. The van der Waals surface area contributed by atoms with Crippen LogP contribution in [0.5, 0.6) is 0 Å². The van der Waals surface area contributed by atoms with Crippen molar-refractivity contribution < 1.29 is 4.79 Å². The number of nitrogens with one attached hydrogen (secondary N) is 2. The molecule has 1 aliphatic rings. The van der Waals surface area contributed by atoms with Gasteiger partial charge >= 0.3 is 0 Å². The molecule has 1 aromatic heterocycles. The van der Waals surface area contributed by atoms with Gasteiger partial charge in [0.1, 0.15) is 0 Å². The van der Waals surface area contributed by atoms with E-state index in [-0.39, 0.29) is 42.0 Å². The molecule has 30 heavy (non-hydrogen) atoms. The Balaban J connectivity index is 0.00000320. The Morgan fingerprint density at radius 1 is 1.33 bits per heavy atom. The fourth-order valence-electron chi connectivity index (χ4n) is 3.51. The zero-order valence-corrected chi connectivity index (χ0v) is 20.5. The highest BCUT2D eigenvalue weighted by molar-refractivity contribution is 14.0. The first kappa shape index (κ1) is 24.5. The van der Waals surface area contributed by atoms with Gasteiger partial charge in [0.2, 0.25) is 5.91 Å². The molecule has 2 atom stereocenters. The molecule has 2 unspecified atom stereocenters. The van der Waals surface area contributed by atoms with E-state index in [4.69, 9.17) is 16.6 Å². The van der Waals surface area contributed by atoms with Crippen molar-refractivity contribution >= 4 is 47.4 Å². The van der Waals surface area contributed by atoms with Crippen molar-refractivity contribution in [1.29, 1.82) is 0 Å². The van der Waals surface area contributed by atoms with E-state index in [0.717, 1.165) is 37.6 Å². The van der Waals surface area contributed by atoms with E-state index in [0.29, 0.717) is 18.0 Å². The van der Waals surface area contributed by atoms with Gasteiger partial charge in [-0.1, -0.05) is 30.7 Å². The molecule has 0 bridgehead atoms. The summed E-state index contributed by atoms with van der Waals surface area (Å²) in [4.78, 5) is 18.7. The second kappa shape index (κ2) is 12.1. The average Bonchev–Trinajstić information content (AvgIpc) is 3.41. The van der Waals surface area contributed by atoms with Crippen LogP contribution in [0.15, 0.2) is 47.7 Å². The Hall–Kier alpha value is -1.81. The molecule has 0 spiro atoms. The number of likely N-dealkylation sites (tertiary alicyclic amines) is 1. The normalized spacial score (nSPS) is 17.4. The van der Waals surface area contributed by atoms with Crippen molar-refractivity contribution in [2.45, 2.75) is 38.8 Å². The Bertz CT molecular complexity index is 811. The lowest BCUT2D eigenvalue weighted by molar-refractivity contribution is -0.129. The minimum atomic E-state index is -0.0283. The molecule has 2 N–H and O–H groups in total. The number of hydrogen-bond acceptors (Lipinski definition) is 3. The summed E-state index contributed by atoms with van der Waals surface area (Å²) in [5.74, 6) is 0.965. The van der Waals surface area contributed by atoms with Crippen molar-refractivity contribution in [3.8, 4) is 0 Å². The summed E-state index contributed by atoms with van der Waals surface area (Å²) >= 11 is 6.05. The largest absolute Gasteiger partial charge is 0.357 e. The van der Waals surface area contributed by atoms with Crippen molar-refractivity contribution in [1.82, 2.24) is 25.3 Å². The number of amides is 1. The number of rotatable bonds is 7. The SMILES string of the molecule is CCNC(=NCC(c1ccc(Cl)cc1)n1cccn1)NC1CCN(C(=O)CC)C1.I. The summed E-state index contributed by atoms with van der Waals surface area (Å²) in [5.41, 5.74) is 1.10. The highest BCUT2D eigenvalue weighted by atomic mass is 127. The van der Waals surface area contributed by atoms with Gasteiger partial charge in [-0.2, -0.15) is 5.10 Å². The monoisotopic (exact) mass is 544 g/mol. The smallest absolute Gasteiger partial charge is 0.222 e. The van der Waals surface area contributed by atoms with Crippen LogP contribution in [0.25, 0.3) is 0 Å². The Morgan fingerprint density at radius 2 is 2.10 bits per heavy atom. The predicted octanol–water partition coefficient (Wildman–Crippen LogP) is 3.31. The summed E-state index contributed by atoms with van der Waals surface area (Å²) in [7, 11) is 0. The summed E-state index contributed by atoms with van der Waals surface area (Å²) in [6.07, 6.45) is 5.19. The van der Waals surface area contributed by atoms with E-state index in [9.17, 15) is 4.79 Å². The number of hydrogen-bond donors (Lipinski definition) is 2. The second-order valence-electron chi connectivity index (χ2n) is 7.10. The Kier molecular flexibility index (Phi) is 9.90. The summed E-state index contributed by atoms with van der Waals surface area (Å²) in [5, 5.41) is 11.9. The van der Waals surface area contributed by atoms with Gasteiger partial charge in [-0.25, -0.2) is 0 Å². The molecular formula is C21H30ClIN6O. The number of carbonyl (C=O) groups excluding carboxylic acids is 1. The predicted molar refractivity (Wildman–Crippen MR) is 132 cm³/mol. The lowest BCUT2D eigenvalue weighted by atomic mass is 10.1. The molecule has 2 aromatic rings. The van der Waals surface area contributed by atoms with Crippen molar-refractivity contribution in [3.05, 3.63) is 53.3 Å². The molecule has 1 amide bonds. The highest BCUT2D eigenvalue weighted by Gasteiger charge is 2.26. The maximum absolute atomic E-state index is 11.9. The van der Waals surface area contributed by atoms with Crippen LogP contribution in [-0.2, 0) is 4.79 Å². The lowest BCUT2D eigenvalue weighted by Crippen LogP contribution is -2.45. The van der Waals surface area contributed by atoms with Gasteiger partial charge in [-0.15, -0.1) is 24.0 Å². The van der Waals surface area contributed by atoms with Gasteiger partial charge in [0.15, 0.2) is 5.96 Å². The molecule has 1 fully saturated rings. The van der Waals surface area contributed by atoms with Gasteiger partial charge in [0.25, 0.3) is 0 Å². The first-order valence-electron chi connectivity index (χ1n) is 10.2. The first-order valence-corrected chi connectivity index (χ1v) is 10.6. The fourth-order valence-corrected chi connectivity index (χ4v) is 3.64. The average molecular weight is 545 g/mol. The molecule has 164 valence electrons. The summed E-state index contributed by atoms with van der Waals surface area (Å²) in [6, 6.07) is 9.89. The third-order valence-electron chi connectivity index (χ3n) is 5.05. The molecule has 1 aliphatic heterocycles. The summed E-state index contributed by atoms with van der Waals surface area (Å²) in [6.45, 7) is 6.76. The van der Waals surface area contributed by atoms with E-state index in [1.807, 2.05) is 60.0 Å².